The van der Waals surface area contributed by atoms with Crippen molar-refractivity contribution in [2.45, 2.75) is 39.2 Å². The van der Waals surface area contributed by atoms with Gasteiger partial charge in [0.25, 0.3) is 0 Å². The molecule has 1 N–H and O–H groups in total. The third-order valence-electron chi connectivity index (χ3n) is 4.90. The first-order valence-corrected chi connectivity index (χ1v) is 9.52. The Labute approximate surface area is 147 Å². The maximum Gasteiger partial charge on any atom is 0.306 e. The molecule has 128 valence electrons. The number of thiophene rings is 1. The monoisotopic (exact) mass is 343 g/mol. The SMILES string of the molecule is CCc1ccc(C(c2cccc(C)c2)N2CCC(C(=O)O)CC2)s1. The Hall–Kier alpha value is -1.65. The summed E-state index contributed by atoms with van der Waals surface area (Å²) in [6.07, 6.45) is 2.54. The molecule has 1 aromatic carbocycles. The Morgan fingerprint density at radius 2 is 2.04 bits per heavy atom. The van der Waals surface area contributed by atoms with E-state index in [-0.39, 0.29) is 12.0 Å². The van der Waals surface area contributed by atoms with E-state index < -0.39 is 5.97 Å². The second kappa shape index (κ2) is 7.49. The van der Waals surface area contributed by atoms with Crippen LogP contribution in [0.2, 0.25) is 0 Å². The summed E-state index contributed by atoms with van der Waals surface area (Å²) in [6.45, 7) is 6.00. The fourth-order valence-electron chi connectivity index (χ4n) is 3.53. The lowest BCUT2D eigenvalue weighted by molar-refractivity contribution is -0.143. The van der Waals surface area contributed by atoms with Crippen LogP contribution in [0.3, 0.4) is 0 Å². The Morgan fingerprint density at radius 3 is 2.62 bits per heavy atom. The van der Waals surface area contributed by atoms with Crippen molar-refractivity contribution in [1.82, 2.24) is 4.90 Å². The molecule has 0 spiro atoms. The van der Waals surface area contributed by atoms with E-state index in [9.17, 15) is 9.90 Å². The van der Waals surface area contributed by atoms with E-state index in [2.05, 4.69) is 55.1 Å². The molecule has 3 rings (SSSR count). The number of likely N-dealkylation sites (tertiary alicyclic amines) is 1. The van der Waals surface area contributed by atoms with Crippen molar-refractivity contribution < 1.29 is 9.90 Å². The lowest BCUT2D eigenvalue weighted by atomic mass is 9.93. The number of aliphatic carboxylic acids is 1. The van der Waals surface area contributed by atoms with Crippen LogP contribution < -0.4 is 0 Å². The number of carboxylic acid groups (broad SMARTS) is 1. The van der Waals surface area contributed by atoms with Gasteiger partial charge in [-0.1, -0.05) is 36.8 Å². The molecule has 1 unspecified atom stereocenters. The molecule has 0 aliphatic carbocycles. The predicted molar refractivity (Wildman–Crippen MR) is 98.7 cm³/mol. The third-order valence-corrected chi connectivity index (χ3v) is 6.18. The molecule has 0 amide bonds. The van der Waals surface area contributed by atoms with E-state index in [0.29, 0.717) is 0 Å². The molecule has 4 heteroatoms. The zero-order valence-corrected chi connectivity index (χ0v) is 15.2. The van der Waals surface area contributed by atoms with Crippen molar-refractivity contribution in [3.63, 3.8) is 0 Å². The van der Waals surface area contributed by atoms with Gasteiger partial charge in [-0.05, 0) is 57.0 Å². The molecule has 2 heterocycles. The highest BCUT2D eigenvalue weighted by Crippen LogP contribution is 2.36. The van der Waals surface area contributed by atoms with Gasteiger partial charge in [-0.15, -0.1) is 11.3 Å². The van der Waals surface area contributed by atoms with Crippen molar-refractivity contribution in [1.29, 1.82) is 0 Å². The Bertz CT molecular complexity index is 701. The van der Waals surface area contributed by atoms with Gasteiger partial charge in [0.1, 0.15) is 0 Å². The average molecular weight is 343 g/mol. The van der Waals surface area contributed by atoms with Gasteiger partial charge in [-0.3, -0.25) is 9.69 Å². The molecule has 1 saturated heterocycles. The Morgan fingerprint density at radius 1 is 1.29 bits per heavy atom. The van der Waals surface area contributed by atoms with E-state index >= 15 is 0 Å². The Kier molecular flexibility index (Phi) is 5.36. The van der Waals surface area contributed by atoms with Crippen molar-refractivity contribution in [3.05, 3.63) is 57.3 Å². The first kappa shape index (κ1) is 17.2. The second-order valence-corrected chi connectivity index (χ2v) is 7.82. The van der Waals surface area contributed by atoms with Gasteiger partial charge in [0.05, 0.1) is 12.0 Å². The molecular formula is C20H25NO2S. The Balaban J connectivity index is 1.89. The second-order valence-electron chi connectivity index (χ2n) is 6.62. The summed E-state index contributed by atoms with van der Waals surface area (Å²) < 4.78 is 0. The molecule has 0 saturated carbocycles. The number of hydrogen-bond donors (Lipinski definition) is 1. The number of carboxylic acids is 1. The maximum absolute atomic E-state index is 11.2. The first-order valence-electron chi connectivity index (χ1n) is 8.70. The van der Waals surface area contributed by atoms with Crippen LogP contribution in [0.4, 0.5) is 0 Å². The van der Waals surface area contributed by atoms with Gasteiger partial charge in [0, 0.05) is 9.75 Å². The van der Waals surface area contributed by atoms with E-state index in [1.165, 1.54) is 20.9 Å². The number of aryl methyl sites for hydroxylation is 2. The van der Waals surface area contributed by atoms with Gasteiger partial charge >= 0.3 is 5.97 Å². The molecular weight excluding hydrogens is 318 g/mol. The van der Waals surface area contributed by atoms with E-state index in [4.69, 9.17) is 0 Å². The van der Waals surface area contributed by atoms with E-state index in [1.54, 1.807) is 0 Å². The predicted octanol–water partition coefficient (Wildman–Crippen LogP) is 4.50. The lowest BCUT2D eigenvalue weighted by Gasteiger charge is -2.36. The number of nitrogens with zero attached hydrogens (tertiary/aromatic N) is 1. The molecule has 1 aromatic heterocycles. The summed E-state index contributed by atoms with van der Waals surface area (Å²) in [5, 5.41) is 9.25. The van der Waals surface area contributed by atoms with Crippen molar-refractivity contribution in [3.8, 4) is 0 Å². The summed E-state index contributed by atoms with van der Waals surface area (Å²) in [5.41, 5.74) is 2.58. The van der Waals surface area contributed by atoms with Crippen LogP contribution in [0.25, 0.3) is 0 Å². The zero-order chi connectivity index (χ0) is 17.1. The molecule has 0 bridgehead atoms. The fourth-order valence-corrected chi connectivity index (χ4v) is 4.65. The van der Waals surface area contributed by atoms with Gasteiger partial charge < -0.3 is 5.11 Å². The highest BCUT2D eigenvalue weighted by Gasteiger charge is 2.30. The first-order chi connectivity index (χ1) is 11.6. The van der Waals surface area contributed by atoms with Gasteiger partial charge in [-0.25, -0.2) is 0 Å². The number of hydrogen-bond acceptors (Lipinski definition) is 3. The van der Waals surface area contributed by atoms with Crippen LogP contribution in [-0.2, 0) is 11.2 Å². The molecule has 1 aliphatic rings. The highest BCUT2D eigenvalue weighted by atomic mass is 32.1. The van der Waals surface area contributed by atoms with Crippen molar-refractivity contribution in [2.24, 2.45) is 5.92 Å². The van der Waals surface area contributed by atoms with Crippen LogP contribution in [0.1, 0.15) is 46.7 Å². The van der Waals surface area contributed by atoms with Crippen LogP contribution in [0.15, 0.2) is 36.4 Å². The lowest BCUT2D eigenvalue weighted by Crippen LogP contribution is -2.39. The fraction of sp³-hybridized carbons (Fsp3) is 0.450. The quantitative estimate of drug-likeness (QED) is 0.868. The zero-order valence-electron chi connectivity index (χ0n) is 14.4. The third kappa shape index (κ3) is 3.70. The minimum atomic E-state index is -0.647. The van der Waals surface area contributed by atoms with Gasteiger partial charge in [-0.2, -0.15) is 0 Å². The van der Waals surface area contributed by atoms with E-state index in [1.807, 2.05) is 11.3 Å². The molecule has 2 aromatic rings. The van der Waals surface area contributed by atoms with Crippen molar-refractivity contribution in [2.75, 3.05) is 13.1 Å². The molecule has 1 fully saturated rings. The van der Waals surface area contributed by atoms with Crippen molar-refractivity contribution >= 4 is 17.3 Å². The van der Waals surface area contributed by atoms with Gasteiger partial charge in [0.2, 0.25) is 0 Å². The molecule has 1 atom stereocenters. The van der Waals surface area contributed by atoms with Crippen LogP contribution in [0.5, 0.6) is 0 Å². The molecule has 0 radical (unpaired) electrons. The van der Waals surface area contributed by atoms with Crippen LogP contribution in [0, 0.1) is 12.8 Å². The van der Waals surface area contributed by atoms with Crippen LogP contribution in [-0.4, -0.2) is 29.1 Å². The number of rotatable bonds is 5. The summed E-state index contributed by atoms with van der Waals surface area (Å²) in [4.78, 5) is 16.5. The maximum atomic E-state index is 11.2. The molecule has 1 aliphatic heterocycles. The largest absolute Gasteiger partial charge is 0.481 e. The topological polar surface area (TPSA) is 40.5 Å². The van der Waals surface area contributed by atoms with Gasteiger partial charge in [0.15, 0.2) is 0 Å². The van der Waals surface area contributed by atoms with Crippen LogP contribution >= 0.6 is 11.3 Å². The minimum absolute atomic E-state index is 0.186. The standard InChI is InChI=1S/C20H25NO2S/c1-3-17-7-8-18(24-17)19(16-6-4-5-14(2)13-16)21-11-9-15(10-12-21)20(22)23/h4-8,13,15,19H,3,9-12H2,1-2H3,(H,22,23). The smallest absolute Gasteiger partial charge is 0.306 e. The highest BCUT2D eigenvalue weighted by molar-refractivity contribution is 7.12. The number of benzene rings is 1. The minimum Gasteiger partial charge on any atom is -0.481 e. The summed E-state index contributed by atoms with van der Waals surface area (Å²) >= 11 is 1.88. The molecule has 24 heavy (non-hydrogen) atoms. The number of carbonyl (C=O) groups is 1. The summed E-state index contributed by atoms with van der Waals surface area (Å²) in [6, 6.07) is 13.4. The van der Waals surface area contributed by atoms with E-state index in [0.717, 1.165) is 32.4 Å². The normalized spacial score (nSPS) is 17.8. The average Bonchev–Trinajstić information content (AvgIpc) is 3.04. The number of piperidine rings is 1. The summed E-state index contributed by atoms with van der Waals surface area (Å²) in [5.74, 6) is -0.833. The summed E-state index contributed by atoms with van der Waals surface area (Å²) in [7, 11) is 0. The molecule has 3 nitrogen and oxygen atoms in total.